The van der Waals surface area contributed by atoms with Crippen molar-refractivity contribution in [3.8, 4) is 0 Å². The average molecular weight is 247 g/mol. The highest BCUT2D eigenvalue weighted by Crippen LogP contribution is 2.30. The highest BCUT2D eigenvalue weighted by Gasteiger charge is 2.20. The number of rotatable bonds is 4. The first-order valence-corrected chi connectivity index (χ1v) is 6.55. The molecule has 1 unspecified atom stereocenters. The van der Waals surface area contributed by atoms with Crippen LogP contribution in [-0.4, -0.2) is 16.6 Å². The molecule has 1 atom stereocenters. The number of nitrogens with one attached hydrogen (secondary N) is 1. The molecule has 0 amide bonds. The van der Waals surface area contributed by atoms with Crippen LogP contribution in [-0.2, 0) is 0 Å². The van der Waals surface area contributed by atoms with Crippen molar-refractivity contribution in [2.45, 2.75) is 25.8 Å². The number of nitrogens with zero attached hydrogens (tertiary/aromatic N) is 2. The van der Waals surface area contributed by atoms with E-state index in [1.165, 1.54) is 22.0 Å². The van der Waals surface area contributed by atoms with Crippen molar-refractivity contribution in [1.82, 2.24) is 14.9 Å². The third kappa shape index (κ3) is 2.53. The zero-order valence-electron chi connectivity index (χ0n) is 10.3. The molecule has 0 fully saturated rings. The maximum Gasteiger partial charge on any atom is 0.0832 e. The molecule has 0 saturated heterocycles. The second kappa shape index (κ2) is 5.38. The number of hydrogen-bond donors (Lipinski definition) is 1. The second-order valence-corrected chi connectivity index (χ2v) is 5.10. The van der Waals surface area contributed by atoms with Gasteiger partial charge >= 0.3 is 0 Å². The van der Waals surface area contributed by atoms with Gasteiger partial charge in [-0.1, -0.05) is 48.7 Å². The molecule has 1 aromatic carbocycles. The number of hydrogen-bond acceptors (Lipinski definition) is 4. The molecule has 0 radical (unpaired) electrons. The molecule has 0 aliphatic rings. The fourth-order valence-electron chi connectivity index (χ4n) is 1.90. The maximum absolute atomic E-state index is 4.24. The maximum atomic E-state index is 4.24. The summed E-state index contributed by atoms with van der Waals surface area (Å²) in [5.74, 6) is 0.406. The molecule has 1 heterocycles. The van der Waals surface area contributed by atoms with E-state index in [9.17, 15) is 0 Å². The molecular formula is C13H17N3S. The van der Waals surface area contributed by atoms with Crippen LogP contribution in [0.15, 0.2) is 30.3 Å². The van der Waals surface area contributed by atoms with Crippen LogP contribution < -0.4 is 5.32 Å². The SMILES string of the molecule is CNC(c1ccccc1)c1snnc1C(C)C. The Morgan fingerprint density at radius 3 is 2.47 bits per heavy atom. The van der Waals surface area contributed by atoms with Gasteiger partial charge in [0.1, 0.15) is 0 Å². The van der Waals surface area contributed by atoms with Crippen LogP contribution in [0.1, 0.15) is 41.9 Å². The minimum absolute atomic E-state index is 0.189. The first kappa shape index (κ1) is 12.2. The van der Waals surface area contributed by atoms with Gasteiger partial charge in [-0.05, 0) is 30.1 Å². The van der Waals surface area contributed by atoms with E-state index in [0.717, 1.165) is 5.69 Å². The van der Waals surface area contributed by atoms with Gasteiger partial charge in [0.15, 0.2) is 0 Å². The third-order valence-corrected chi connectivity index (χ3v) is 3.58. The zero-order valence-corrected chi connectivity index (χ0v) is 11.2. The van der Waals surface area contributed by atoms with Crippen molar-refractivity contribution in [2.75, 3.05) is 7.05 Å². The lowest BCUT2D eigenvalue weighted by Crippen LogP contribution is -2.18. The van der Waals surface area contributed by atoms with Crippen LogP contribution in [0.25, 0.3) is 0 Å². The van der Waals surface area contributed by atoms with Crippen molar-refractivity contribution in [2.24, 2.45) is 0 Å². The first-order chi connectivity index (χ1) is 8.24. The summed E-state index contributed by atoms with van der Waals surface area (Å²) in [5, 5.41) is 7.59. The van der Waals surface area contributed by atoms with Crippen LogP contribution in [0.5, 0.6) is 0 Å². The summed E-state index contributed by atoms with van der Waals surface area (Å²) >= 11 is 1.48. The zero-order chi connectivity index (χ0) is 12.3. The average Bonchev–Trinajstić information content (AvgIpc) is 2.81. The number of benzene rings is 1. The van der Waals surface area contributed by atoms with E-state index in [2.05, 4.69) is 53.0 Å². The fraction of sp³-hybridized carbons (Fsp3) is 0.385. The van der Waals surface area contributed by atoms with E-state index in [-0.39, 0.29) is 6.04 Å². The van der Waals surface area contributed by atoms with Gasteiger partial charge in [0.2, 0.25) is 0 Å². The predicted molar refractivity (Wildman–Crippen MR) is 71.3 cm³/mol. The molecule has 2 aromatic rings. The summed E-state index contributed by atoms with van der Waals surface area (Å²) < 4.78 is 4.09. The fourth-order valence-corrected chi connectivity index (χ4v) is 2.85. The molecule has 0 saturated carbocycles. The summed E-state index contributed by atoms with van der Waals surface area (Å²) in [5.41, 5.74) is 2.35. The molecule has 1 aromatic heterocycles. The van der Waals surface area contributed by atoms with Gasteiger partial charge in [0.05, 0.1) is 16.6 Å². The molecule has 17 heavy (non-hydrogen) atoms. The molecule has 2 rings (SSSR count). The summed E-state index contributed by atoms with van der Waals surface area (Å²) in [6.07, 6.45) is 0. The molecule has 0 aliphatic heterocycles. The lowest BCUT2D eigenvalue weighted by atomic mass is 10.0. The monoisotopic (exact) mass is 247 g/mol. The van der Waals surface area contributed by atoms with Gasteiger partial charge in [0, 0.05) is 0 Å². The standard InChI is InChI=1S/C13H17N3S/c1-9(2)11-13(17-16-15-11)12(14-3)10-7-5-4-6-8-10/h4-9,12,14H,1-3H3. The van der Waals surface area contributed by atoms with Crippen LogP contribution in [0.4, 0.5) is 0 Å². The molecule has 3 nitrogen and oxygen atoms in total. The Balaban J connectivity index is 2.39. The topological polar surface area (TPSA) is 37.8 Å². The van der Waals surface area contributed by atoms with E-state index in [0.29, 0.717) is 5.92 Å². The van der Waals surface area contributed by atoms with E-state index in [1.807, 2.05) is 13.1 Å². The Morgan fingerprint density at radius 1 is 1.18 bits per heavy atom. The summed E-state index contributed by atoms with van der Waals surface area (Å²) in [6.45, 7) is 4.30. The highest BCUT2D eigenvalue weighted by molar-refractivity contribution is 7.05. The molecule has 4 heteroatoms. The first-order valence-electron chi connectivity index (χ1n) is 5.78. The lowest BCUT2D eigenvalue weighted by Gasteiger charge is -2.16. The Kier molecular flexibility index (Phi) is 3.86. The Hall–Kier alpha value is -1.26. The van der Waals surface area contributed by atoms with Gasteiger partial charge in [-0.15, -0.1) is 5.10 Å². The summed E-state index contributed by atoms with van der Waals surface area (Å²) in [7, 11) is 1.97. The molecular weight excluding hydrogens is 230 g/mol. The molecule has 1 N–H and O–H groups in total. The largest absolute Gasteiger partial charge is 0.309 e. The minimum Gasteiger partial charge on any atom is -0.309 e. The van der Waals surface area contributed by atoms with Gasteiger partial charge in [0.25, 0.3) is 0 Å². The van der Waals surface area contributed by atoms with E-state index in [1.54, 1.807) is 0 Å². The third-order valence-electron chi connectivity index (χ3n) is 2.77. The van der Waals surface area contributed by atoms with E-state index < -0.39 is 0 Å². The molecule has 0 bridgehead atoms. The van der Waals surface area contributed by atoms with Crippen LogP contribution in [0.3, 0.4) is 0 Å². The normalized spacial score (nSPS) is 12.9. The van der Waals surface area contributed by atoms with Crippen molar-refractivity contribution in [1.29, 1.82) is 0 Å². The Bertz CT molecular complexity index is 465. The lowest BCUT2D eigenvalue weighted by molar-refractivity contribution is 0.679. The van der Waals surface area contributed by atoms with Crippen molar-refractivity contribution in [3.05, 3.63) is 46.5 Å². The molecule has 0 aliphatic carbocycles. The Labute approximate surface area is 106 Å². The molecule has 90 valence electrons. The van der Waals surface area contributed by atoms with E-state index in [4.69, 9.17) is 0 Å². The summed E-state index contributed by atoms with van der Waals surface area (Å²) in [4.78, 5) is 1.22. The van der Waals surface area contributed by atoms with Crippen molar-refractivity contribution in [3.63, 3.8) is 0 Å². The van der Waals surface area contributed by atoms with Gasteiger partial charge in [-0.2, -0.15) is 0 Å². The molecule has 0 spiro atoms. The minimum atomic E-state index is 0.189. The van der Waals surface area contributed by atoms with Gasteiger partial charge in [-0.25, -0.2) is 0 Å². The van der Waals surface area contributed by atoms with Crippen molar-refractivity contribution >= 4 is 11.5 Å². The predicted octanol–water partition coefficient (Wildman–Crippen LogP) is 2.97. The van der Waals surface area contributed by atoms with E-state index >= 15 is 0 Å². The van der Waals surface area contributed by atoms with Gasteiger partial charge in [-0.3, -0.25) is 0 Å². The second-order valence-electron chi connectivity index (χ2n) is 4.31. The quantitative estimate of drug-likeness (QED) is 0.902. The number of aromatic nitrogens is 2. The van der Waals surface area contributed by atoms with Crippen LogP contribution in [0, 0.1) is 0 Å². The van der Waals surface area contributed by atoms with Crippen molar-refractivity contribution < 1.29 is 0 Å². The Morgan fingerprint density at radius 2 is 1.88 bits per heavy atom. The van der Waals surface area contributed by atoms with Crippen LogP contribution in [0.2, 0.25) is 0 Å². The smallest absolute Gasteiger partial charge is 0.0832 e. The van der Waals surface area contributed by atoms with Crippen LogP contribution >= 0.6 is 11.5 Å². The highest BCUT2D eigenvalue weighted by atomic mass is 32.1. The van der Waals surface area contributed by atoms with Gasteiger partial charge < -0.3 is 5.32 Å². The summed E-state index contributed by atoms with van der Waals surface area (Å²) in [6, 6.07) is 10.6.